The van der Waals surface area contributed by atoms with Crippen molar-refractivity contribution in [2.75, 3.05) is 25.0 Å². The number of anilines is 1. The lowest BCUT2D eigenvalue weighted by atomic mass is 10.2. The Morgan fingerprint density at radius 3 is 2.35 bits per heavy atom. The number of nitrogens with zero attached hydrogens (tertiary/aromatic N) is 1. The van der Waals surface area contributed by atoms with E-state index >= 15 is 0 Å². The third-order valence-corrected chi connectivity index (χ3v) is 3.78. The monoisotopic (exact) mass is 268 g/mol. The Balaban J connectivity index is 1.66. The van der Waals surface area contributed by atoms with Gasteiger partial charge in [0.25, 0.3) is 0 Å². The molecule has 1 atom stereocenters. The van der Waals surface area contributed by atoms with E-state index in [9.17, 15) is 0 Å². The fourth-order valence-electron chi connectivity index (χ4n) is 2.58. The van der Waals surface area contributed by atoms with E-state index in [1.54, 1.807) is 0 Å². The van der Waals surface area contributed by atoms with Gasteiger partial charge in [-0.05, 0) is 49.9 Å². The van der Waals surface area contributed by atoms with E-state index < -0.39 is 0 Å². The van der Waals surface area contributed by atoms with E-state index in [1.165, 1.54) is 12.1 Å². The molecule has 1 fully saturated rings. The molecule has 2 aromatic rings. The molecule has 104 valence electrons. The van der Waals surface area contributed by atoms with Gasteiger partial charge in [-0.15, -0.1) is 0 Å². The van der Waals surface area contributed by atoms with Gasteiger partial charge < -0.3 is 15.0 Å². The van der Waals surface area contributed by atoms with Gasteiger partial charge in [-0.25, -0.2) is 0 Å². The number of hydrogen-bond acceptors (Lipinski definition) is 3. The highest BCUT2D eigenvalue weighted by Crippen LogP contribution is 2.26. The molecule has 3 rings (SSSR count). The lowest BCUT2D eigenvalue weighted by molar-refractivity contribution is 0.482. The van der Waals surface area contributed by atoms with Crippen LogP contribution in [0.2, 0.25) is 0 Å². The molecule has 1 unspecified atom stereocenters. The van der Waals surface area contributed by atoms with E-state index in [0.717, 1.165) is 24.6 Å². The molecule has 3 heteroatoms. The summed E-state index contributed by atoms with van der Waals surface area (Å²) in [4.78, 5) is 2.41. The van der Waals surface area contributed by atoms with Crippen LogP contribution < -0.4 is 15.0 Å². The molecule has 1 saturated heterocycles. The van der Waals surface area contributed by atoms with Gasteiger partial charge in [-0.2, -0.15) is 0 Å². The lowest BCUT2D eigenvalue weighted by Crippen LogP contribution is -2.29. The molecule has 1 aliphatic heterocycles. The van der Waals surface area contributed by atoms with Crippen LogP contribution in [0.5, 0.6) is 11.5 Å². The first-order valence-corrected chi connectivity index (χ1v) is 7.10. The Kier molecular flexibility index (Phi) is 3.88. The van der Waals surface area contributed by atoms with Crippen molar-refractivity contribution in [1.82, 2.24) is 5.32 Å². The fourth-order valence-corrected chi connectivity index (χ4v) is 2.58. The summed E-state index contributed by atoms with van der Waals surface area (Å²) in [7, 11) is 2.03. The molecular weight excluding hydrogens is 248 g/mol. The minimum Gasteiger partial charge on any atom is -0.457 e. The summed E-state index contributed by atoms with van der Waals surface area (Å²) in [6.07, 6.45) is 1.21. The minimum atomic E-state index is 0.607. The zero-order chi connectivity index (χ0) is 13.8. The Hall–Kier alpha value is -2.00. The Morgan fingerprint density at radius 1 is 1.00 bits per heavy atom. The third kappa shape index (κ3) is 2.94. The molecule has 1 aliphatic rings. The molecule has 0 aliphatic carbocycles. The lowest BCUT2D eigenvalue weighted by Gasteiger charge is -2.19. The van der Waals surface area contributed by atoms with Crippen molar-refractivity contribution in [3.63, 3.8) is 0 Å². The summed E-state index contributed by atoms with van der Waals surface area (Å²) in [5, 5.41) is 3.34. The molecule has 1 heterocycles. The topological polar surface area (TPSA) is 24.5 Å². The molecule has 0 radical (unpaired) electrons. The molecule has 0 amide bonds. The Bertz CT molecular complexity index is 539. The first-order chi connectivity index (χ1) is 9.85. The van der Waals surface area contributed by atoms with E-state index in [2.05, 4.69) is 22.3 Å². The third-order valence-electron chi connectivity index (χ3n) is 3.78. The largest absolute Gasteiger partial charge is 0.457 e. The number of rotatable bonds is 4. The predicted octanol–water partition coefficient (Wildman–Crippen LogP) is 3.28. The van der Waals surface area contributed by atoms with Crippen molar-refractivity contribution in [1.29, 1.82) is 0 Å². The quantitative estimate of drug-likeness (QED) is 0.921. The van der Waals surface area contributed by atoms with E-state index in [4.69, 9.17) is 4.74 Å². The number of likely N-dealkylation sites (N-methyl/N-ethyl adjacent to an activating group) is 1. The molecule has 0 saturated carbocycles. The molecule has 2 aromatic carbocycles. The predicted molar refractivity (Wildman–Crippen MR) is 82.6 cm³/mol. The smallest absolute Gasteiger partial charge is 0.127 e. The highest BCUT2D eigenvalue weighted by Gasteiger charge is 2.20. The van der Waals surface area contributed by atoms with Crippen LogP contribution >= 0.6 is 0 Å². The van der Waals surface area contributed by atoms with Crippen LogP contribution in [-0.2, 0) is 0 Å². The Morgan fingerprint density at radius 2 is 1.70 bits per heavy atom. The van der Waals surface area contributed by atoms with E-state index in [0.29, 0.717) is 6.04 Å². The van der Waals surface area contributed by atoms with Crippen molar-refractivity contribution in [3.8, 4) is 11.5 Å². The summed E-state index contributed by atoms with van der Waals surface area (Å²) in [5.41, 5.74) is 1.27. The van der Waals surface area contributed by atoms with Crippen molar-refractivity contribution in [2.45, 2.75) is 12.5 Å². The standard InChI is InChI=1S/C17H20N2O/c1-18-14-11-12-19(13-14)15-7-9-17(10-8-15)20-16-5-3-2-4-6-16/h2-10,14,18H,11-13H2,1H3. The summed E-state index contributed by atoms with van der Waals surface area (Å²) in [6.45, 7) is 2.19. The number of para-hydroxylation sites is 1. The van der Waals surface area contributed by atoms with Gasteiger partial charge in [0, 0.05) is 24.8 Å². The number of ether oxygens (including phenoxy) is 1. The molecule has 0 spiro atoms. The zero-order valence-electron chi connectivity index (χ0n) is 11.8. The fraction of sp³-hybridized carbons (Fsp3) is 0.294. The van der Waals surface area contributed by atoms with Gasteiger partial charge in [0.15, 0.2) is 0 Å². The molecule has 1 N–H and O–H groups in total. The van der Waals surface area contributed by atoms with Gasteiger partial charge in [-0.3, -0.25) is 0 Å². The van der Waals surface area contributed by atoms with Crippen molar-refractivity contribution in [2.24, 2.45) is 0 Å². The molecule has 20 heavy (non-hydrogen) atoms. The van der Waals surface area contributed by atoms with Crippen LogP contribution in [0, 0.1) is 0 Å². The number of hydrogen-bond donors (Lipinski definition) is 1. The minimum absolute atomic E-state index is 0.607. The molecular formula is C17H20N2O. The van der Waals surface area contributed by atoms with Crippen LogP contribution in [0.25, 0.3) is 0 Å². The first-order valence-electron chi connectivity index (χ1n) is 7.10. The summed E-state index contributed by atoms with van der Waals surface area (Å²) in [6, 6.07) is 18.8. The van der Waals surface area contributed by atoms with Gasteiger partial charge in [0.05, 0.1) is 0 Å². The van der Waals surface area contributed by atoms with E-state index in [1.807, 2.05) is 49.5 Å². The van der Waals surface area contributed by atoms with E-state index in [-0.39, 0.29) is 0 Å². The Labute approximate surface area is 120 Å². The van der Waals surface area contributed by atoms with Crippen LogP contribution in [0.1, 0.15) is 6.42 Å². The molecule has 0 bridgehead atoms. The van der Waals surface area contributed by atoms with Crippen molar-refractivity contribution < 1.29 is 4.74 Å². The zero-order valence-corrected chi connectivity index (χ0v) is 11.8. The van der Waals surface area contributed by atoms with Gasteiger partial charge in [0.1, 0.15) is 11.5 Å². The summed E-state index contributed by atoms with van der Waals surface area (Å²) >= 11 is 0. The summed E-state index contributed by atoms with van der Waals surface area (Å²) < 4.78 is 5.81. The van der Waals surface area contributed by atoms with Crippen LogP contribution in [-0.4, -0.2) is 26.2 Å². The van der Waals surface area contributed by atoms with Crippen LogP contribution in [0.4, 0.5) is 5.69 Å². The maximum absolute atomic E-state index is 5.81. The number of benzene rings is 2. The van der Waals surface area contributed by atoms with Gasteiger partial charge >= 0.3 is 0 Å². The van der Waals surface area contributed by atoms with Crippen molar-refractivity contribution >= 4 is 5.69 Å². The van der Waals surface area contributed by atoms with Gasteiger partial charge in [-0.1, -0.05) is 18.2 Å². The van der Waals surface area contributed by atoms with Gasteiger partial charge in [0.2, 0.25) is 0 Å². The SMILES string of the molecule is CNC1CCN(c2ccc(Oc3ccccc3)cc2)C1. The maximum Gasteiger partial charge on any atom is 0.127 e. The number of nitrogens with one attached hydrogen (secondary N) is 1. The van der Waals surface area contributed by atoms with Crippen LogP contribution in [0.3, 0.4) is 0 Å². The summed E-state index contributed by atoms with van der Waals surface area (Å²) in [5.74, 6) is 1.75. The van der Waals surface area contributed by atoms with Crippen molar-refractivity contribution in [3.05, 3.63) is 54.6 Å². The highest BCUT2D eigenvalue weighted by atomic mass is 16.5. The molecule has 3 nitrogen and oxygen atoms in total. The average Bonchev–Trinajstić information content (AvgIpc) is 2.98. The second-order valence-electron chi connectivity index (χ2n) is 5.13. The average molecular weight is 268 g/mol. The maximum atomic E-state index is 5.81. The highest BCUT2D eigenvalue weighted by molar-refractivity contribution is 5.50. The molecule has 0 aromatic heterocycles. The normalized spacial score (nSPS) is 18.2. The van der Waals surface area contributed by atoms with Crippen LogP contribution in [0.15, 0.2) is 54.6 Å². The second kappa shape index (κ2) is 5.97. The second-order valence-corrected chi connectivity index (χ2v) is 5.13. The first kappa shape index (κ1) is 13.0.